The average molecular weight is 609 g/mol. The van der Waals surface area contributed by atoms with Crippen LogP contribution in [0.5, 0.6) is 5.75 Å². The molecule has 1 N–H and O–H groups in total. The monoisotopic (exact) mass is 608 g/mol. The van der Waals surface area contributed by atoms with Gasteiger partial charge in [0.05, 0.1) is 17.3 Å². The van der Waals surface area contributed by atoms with Crippen LogP contribution in [0.3, 0.4) is 0 Å². The molecule has 0 saturated carbocycles. The van der Waals surface area contributed by atoms with E-state index in [1.54, 1.807) is 11.3 Å². The standard InChI is InChI=1S/C27H34F6N4O3S/c1-17(2)13-35(14-18(3)4)23(25-19(5)37-11-10-21(26(28,29)30)12-24(37)34-25)16-36(41(38)39)15-20-6-8-22(9-7-20)40-27(31,32)33/h6-12,17-18,23H,13-16H2,1-5H3,(H,38,39). The lowest BCUT2D eigenvalue weighted by Gasteiger charge is -2.36. The van der Waals surface area contributed by atoms with Gasteiger partial charge in [-0.25, -0.2) is 9.19 Å². The third-order valence-corrected chi connectivity index (χ3v) is 7.02. The zero-order valence-corrected chi connectivity index (χ0v) is 24.1. The van der Waals surface area contributed by atoms with E-state index in [1.807, 2.05) is 27.7 Å². The van der Waals surface area contributed by atoms with Crippen molar-refractivity contribution in [3.63, 3.8) is 0 Å². The van der Waals surface area contributed by atoms with Crippen LogP contribution in [0, 0.1) is 18.8 Å². The van der Waals surface area contributed by atoms with E-state index >= 15 is 0 Å². The summed E-state index contributed by atoms with van der Waals surface area (Å²) in [5.74, 6) is -0.0336. The van der Waals surface area contributed by atoms with E-state index in [2.05, 4.69) is 14.6 Å². The van der Waals surface area contributed by atoms with Crippen LogP contribution in [-0.4, -0.2) is 53.3 Å². The highest BCUT2D eigenvalue weighted by Gasteiger charge is 2.34. The third kappa shape index (κ3) is 9.15. The van der Waals surface area contributed by atoms with Crippen LogP contribution in [-0.2, 0) is 24.0 Å². The summed E-state index contributed by atoms with van der Waals surface area (Å²) in [7, 11) is 0. The Morgan fingerprint density at radius 1 is 0.976 bits per heavy atom. The second-order valence-corrected chi connectivity index (χ2v) is 11.7. The Morgan fingerprint density at radius 2 is 1.56 bits per heavy atom. The Morgan fingerprint density at radius 3 is 2.05 bits per heavy atom. The Balaban J connectivity index is 2.03. The number of hydrogen-bond donors (Lipinski definition) is 1. The fourth-order valence-corrected chi connectivity index (χ4v) is 5.22. The molecule has 14 heteroatoms. The molecule has 1 aromatic carbocycles. The van der Waals surface area contributed by atoms with Crippen LogP contribution >= 0.6 is 0 Å². The summed E-state index contributed by atoms with van der Waals surface area (Å²) in [4.78, 5) is 6.68. The number of rotatable bonds is 12. The Kier molecular flexibility index (Phi) is 10.5. The molecule has 0 aliphatic rings. The summed E-state index contributed by atoms with van der Waals surface area (Å²) < 4.78 is 107. The molecule has 2 atom stereocenters. The van der Waals surface area contributed by atoms with Crippen molar-refractivity contribution < 1.29 is 39.8 Å². The van der Waals surface area contributed by atoms with E-state index in [-0.39, 0.29) is 30.6 Å². The van der Waals surface area contributed by atoms with Gasteiger partial charge in [0, 0.05) is 38.1 Å². The molecule has 2 aromatic heterocycles. The molecule has 3 aromatic rings. The fraction of sp³-hybridized carbons (Fsp3) is 0.519. The van der Waals surface area contributed by atoms with Gasteiger partial charge in [-0.3, -0.25) is 9.45 Å². The summed E-state index contributed by atoms with van der Waals surface area (Å²) in [5, 5.41) is 0. The maximum Gasteiger partial charge on any atom is 0.573 e. The van der Waals surface area contributed by atoms with Gasteiger partial charge >= 0.3 is 12.5 Å². The topological polar surface area (TPSA) is 70.3 Å². The first kappa shape index (κ1) is 32.8. The van der Waals surface area contributed by atoms with Crippen LogP contribution in [0.2, 0.25) is 0 Å². The summed E-state index contributed by atoms with van der Waals surface area (Å²) in [6, 6.07) is 6.32. The molecular weight excluding hydrogens is 574 g/mol. The van der Waals surface area contributed by atoms with Crippen molar-refractivity contribution in [3.05, 3.63) is 65.1 Å². The van der Waals surface area contributed by atoms with Gasteiger partial charge in [-0.05, 0) is 48.6 Å². The van der Waals surface area contributed by atoms with Gasteiger partial charge < -0.3 is 9.14 Å². The van der Waals surface area contributed by atoms with E-state index in [0.717, 1.165) is 24.3 Å². The van der Waals surface area contributed by atoms with Crippen LogP contribution in [0.4, 0.5) is 26.3 Å². The zero-order chi connectivity index (χ0) is 30.7. The van der Waals surface area contributed by atoms with Crippen molar-refractivity contribution in [2.75, 3.05) is 19.6 Å². The van der Waals surface area contributed by atoms with E-state index in [4.69, 9.17) is 0 Å². The van der Waals surface area contributed by atoms with E-state index in [0.29, 0.717) is 30.0 Å². The molecule has 0 aliphatic carbocycles. The Bertz CT molecular complexity index is 1320. The summed E-state index contributed by atoms with van der Waals surface area (Å²) >= 11 is -2.49. The second kappa shape index (κ2) is 13.1. The van der Waals surface area contributed by atoms with E-state index < -0.39 is 41.2 Å². The maximum atomic E-state index is 13.4. The van der Waals surface area contributed by atoms with E-state index in [1.165, 1.54) is 22.6 Å². The van der Waals surface area contributed by atoms with Gasteiger partial charge in [0.1, 0.15) is 11.4 Å². The van der Waals surface area contributed by atoms with Gasteiger partial charge in [0.15, 0.2) is 0 Å². The summed E-state index contributed by atoms with van der Waals surface area (Å²) in [6.07, 6.45) is -8.09. The number of fused-ring (bicyclic) bond motifs is 1. The molecule has 0 aliphatic heterocycles. The average Bonchev–Trinajstić information content (AvgIpc) is 3.15. The number of aromatic nitrogens is 2. The molecule has 228 valence electrons. The lowest BCUT2D eigenvalue weighted by Crippen LogP contribution is -2.42. The van der Waals surface area contributed by atoms with Crippen molar-refractivity contribution in [2.45, 2.75) is 59.7 Å². The zero-order valence-electron chi connectivity index (χ0n) is 23.3. The molecule has 41 heavy (non-hydrogen) atoms. The molecule has 7 nitrogen and oxygen atoms in total. The van der Waals surface area contributed by atoms with Crippen LogP contribution < -0.4 is 4.74 Å². The van der Waals surface area contributed by atoms with Crippen molar-refractivity contribution in [1.29, 1.82) is 0 Å². The molecule has 0 bridgehead atoms. The predicted octanol–water partition coefficient (Wildman–Crippen LogP) is 6.85. The Labute approximate surface area is 237 Å². The third-order valence-electron chi connectivity index (χ3n) is 6.30. The van der Waals surface area contributed by atoms with Crippen molar-refractivity contribution in [2.24, 2.45) is 11.8 Å². The van der Waals surface area contributed by atoms with Crippen molar-refractivity contribution in [1.82, 2.24) is 18.6 Å². The predicted molar refractivity (Wildman–Crippen MR) is 143 cm³/mol. The largest absolute Gasteiger partial charge is 0.573 e. The number of benzene rings is 1. The fourth-order valence-electron chi connectivity index (χ4n) is 4.70. The molecule has 0 fully saturated rings. The first-order valence-corrected chi connectivity index (χ1v) is 14.0. The number of pyridine rings is 1. The van der Waals surface area contributed by atoms with Gasteiger partial charge in [-0.2, -0.15) is 17.5 Å². The molecule has 0 spiro atoms. The minimum absolute atomic E-state index is 0.0276. The number of imidazole rings is 1. The molecule has 0 amide bonds. The lowest BCUT2D eigenvalue weighted by molar-refractivity contribution is -0.274. The van der Waals surface area contributed by atoms with Crippen LogP contribution in [0.15, 0.2) is 42.6 Å². The highest BCUT2D eigenvalue weighted by atomic mass is 32.2. The molecule has 0 radical (unpaired) electrons. The van der Waals surface area contributed by atoms with Gasteiger partial charge in [-0.15, -0.1) is 13.2 Å². The number of hydrogen-bond acceptors (Lipinski definition) is 4. The number of ether oxygens (including phenoxy) is 1. The SMILES string of the molecule is Cc1c(C(CN(Cc2ccc(OC(F)(F)F)cc2)S(=O)O)N(CC(C)C)CC(C)C)nc2cc(C(F)(F)F)ccn12. The molecule has 2 unspecified atom stereocenters. The van der Waals surface area contributed by atoms with E-state index in [9.17, 15) is 35.1 Å². The lowest BCUT2D eigenvalue weighted by atomic mass is 10.0. The quantitative estimate of drug-likeness (QED) is 0.180. The molecule has 3 rings (SSSR count). The number of alkyl halides is 6. The minimum atomic E-state index is -4.85. The van der Waals surface area contributed by atoms with Gasteiger partial charge in [-0.1, -0.05) is 39.8 Å². The highest BCUT2D eigenvalue weighted by molar-refractivity contribution is 7.76. The molecule has 0 saturated heterocycles. The number of aryl methyl sites for hydroxylation is 1. The number of nitrogens with zero attached hydrogens (tertiary/aromatic N) is 4. The summed E-state index contributed by atoms with van der Waals surface area (Å²) in [6.45, 7) is 10.9. The molecule has 2 heterocycles. The van der Waals surface area contributed by atoms with Crippen LogP contribution in [0.1, 0.15) is 56.3 Å². The summed E-state index contributed by atoms with van der Waals surface area (Å²) in [5.41, 5.74) is 0.781. The minimum Gasteiger partial charge on any atom is -0.406 e. The smallest absolute Gasteiger partial charge is 0.406 e. The van der Waals surface area contributed by atoms with Crippen molar-refractivity contribution >= 4 is 16.9 Å². The van der Waals surface area contributed by atoms with Crippen LogP contribution in [0.25, 0.3) is 5.65 Å². The normalized spacial score (nSPS) is 14.5. The number of halogens is 6. The molecular formula is C27H34F6N4O3S. The Hall–Kier alpha value is -2.68. The maximum absolute atomic E-state index is 13.4. The second-order valence-electron chi connectivity index (χ2n) is 10.7. The van der Waals surface area contributed by atoms with Gasteiger partial charge in [0.2, 0.25) is 11.3 Å². The first-order chi connectivity index (χ1) is 18.9. The highest BCUT2D eigenvalue weighted by Crippen LogP contribution is 2.33. The first-order valence-electron chi connectivity index (χ1n) is 12.9. The van der Waals surface area contributed by atoms with Crippen molar-refractivity contribution in [3.8, 4) is 5.75 Å². The van der Waals surface area contributed by atoms with Gasteiger partial charge in [0.25, 0.3) is 0 Å².